The van der Waals surface area contributed by atoms with Crippen molar-refractivity contribution in [1.82, 2.24) is 0 Å². The van der Waals surface area contributed by atoms with Gasteiger partial charge in [0.15, 0.2) is 5.76 Å². The molecule has 0 bridgehead atoms. The topological polar surface area (TPSA) is 38.7 Å². The third-order valence-corrected chi connectivity index (χ3v) is 3.56. The van der Waals surface area contributed by atoms with Gasteiger partial charge in [-0.15, -0.1) is 4.91 Å². The van der Waals surface area contributed by atoms with E-state index in [9.17, 15) is 9.30 Å². The average molecular weight is 289 g/mol. The summed E-state index contributed by atoms with van der Waals surface area (Å²) in [4.78, 5) is 10.8. The molecule has 0 unspecified atom stereocenters. The van der Waals surface area contributed by atoms with Crippen LogP contribution >= 0.6 is 0 Å². The van der Waals surface area contributed by atoms with Crippen LogP contribution in [0.5, 0.6) is 5.75 Å². The Morgan fingerprint density at radius 2 is 1.95 bits per heavy atom. The van der Waals surface area contributed by atoms with Crippen molar-refractivity contribution in [1.29, 1.82) is 0 Å². The SMILES string of the molecule is Cc1ccc(C(C)(C)C)cc1OC1=C(N=O)CCC(F)=C1. The van der Waals surface area contributed by atoms with E-state index in [1.54, 1.807) is 0 Å². The summed E-state index contributed by atoms with van der Waals surface area (Å²) in [7, 11) is 0. The summed E-state index contributed by atoms with van der Waals surface area (Å²) in [6, 6.07) is 5.95. The van der Waals surface area contributed by atoms with Gasteiger partial charge >= 0.3 is 0 Å². The molecule has 0 aliphatic heterocycles. The predicted octanol–water partition coefficient (Wildman–Crippen LogP) is 5.30. The Kier molecular flexibility index (Phi) is 4.26. The molecule has 0 heterocycles. The second-order valence-electron chi connectivity index (χ2n) is 6.33. The molecule has 3 nitrogen and oxygen atoms in total. The fourth-order valence-electron chi connectivity index (χ4n) is 2.13. The van der Waals surface area contributed by atoms with Gasteiger partial charge in [-0.3, -0.25) is 0 Å². The minimum atomic E-state index is -0.290. The molecular formula is C17H20FNO2. The number of rotatable bonds is 3. The monoisotopic (exact) mass is 289 g/mol. The summed E-state index contributed by atoms with van der Waals surface area (Å²) in [6.07, 6.45) is 1.73. The molecule has 21 heavy (non-hydrogen) atoms. The molecule has 0 aromatic heterocycles. The van der Waals surface area contributed by atoms with Crippen molar-refractivity contribution in [2.45, 2.75) is 46.0 Å². The highest BCUT2D eigenvalue weighted by atomic mass is 19.1. The van der Waals surface area contributed by atoms with Crippen LogP contribution < -0.4 is 4.74 Å². The molecule has 1 aliphatic rings. The number of allylic oxidation sites excluding steroid dienone is 3. The Morgan fingerprint density at radius 1 is 1.24 bits per heavy atom. The van der Waals surface area contributed by atoms with E-state index in [1.807, 2.05) is 25.1 Å². The number of hydrogen-bond donors (Lipinski definition) is 0. The molecule has 0 saturated carbocycles. The lowest BCUT2D eigenvalue weighted by molar-refractivity contribution is 0.415. The molecule has 0 radical (unpaired) electrons. The quantitative estimate of drug-likeness (QED) is 0.708. The van der Waals surface area contributed by atoms with Gasteiger partial charge in [0.1, 0.15) is 17.3 Å². The maximum absolute atomic E-state index is 13.4. The standard InChI is InChI=1S/C17H20FNO2/c1-11-5-6-12(17(2,3)4)9-15(11)21-16-10-13(18)7-8-14(16)19-20/h5-6,9-10H,7-8H2,1-4H3. The van der Waals surface area contributed by atoms with Crippen LogP contribution in [-0.2, 0) is 5.41 Å². The zero-order valence-corrected chi connectivity index (χ0v) is 12.9. The van der Waals surface area contributed by atoms with Crippen molar-refractivity contribution in [3.05, 3.63) is 57.6 Å². The molecule has 0 saturated heterocycles. The van der Waals surface area contributed by atoms with Crippen molar-refractivity contribution < 1.29 is 9.13 Å². The van der Waals surface area contributed by atoms with E-state index < -0.39 is 0 Å². The van der Waals surface area contributed by atoms with E-state index in [-0.39, 0.29) is 35.5 Å². The number of nitroso groups, excluding NO2 is 1. The number of benzene rings is 1. The lowest BCUT2D eigenvalue weighted by Gasteiger charge is -2.21. The van der Waals surface area contributed by atoms with E-state index >= 15 is 0 Å². The molecule has 0 fully saturated rings. The highest BCUT2D eigenvalue weighted by Crippen LogP contribution is 2.32. The van der Waals surface area contributed by atoms with Crippen molar-refractivity contribution >= 4 is 0 Å². The lowest BCUT2D eigenvalue weighted by Crippen LogP contribution is -2.11. The summed E-state index contributed by atoms with van der Waals surface area (Å²) in [5.41, 5.74) is 2.29. The zero-order valence-electron chi connectivity index (χ0n) is 12.9. The van der Waals surface area contributed by atoms with E-state index in [1.165, 1.54) is 6.08 Å². The first kappa shape index (κ1) is 15.4. The molecule has 112 valence electrons. The van der Waals surface area contributed by atoms with Gasteiger partial charge in [0, 0.05) is 18.9 Å². The second-order valence-corrected chi connectivity index (χ2v) is 6.33. The summed E-state index contributed by atoms with van der Waals surface area (Å²) < 4.78 is 19.2. The van der Waals surface area contributed by atoms with Gasteiger partial charge in [0.25, 0.3) is 0 Å². The van der Waals surface area contributed by atoms with Crippen LogP contribution in [0.2, 0.25) is 0 Å². The normalized spacial score (nSPS) is 15.8. The van der Waals surface area contributed by atoms with Crippen molar-refractivity contribution in [2.75, 3.05) is 0 Å². The molecule has 0 amide bonds. The number of nitrogens with zero attached hydrogens (tertiary/aromatic N) is 1. The molecule has 0 N–H and O–H groups in total. The van der Waals surface area contributed by atoms with Gasteiger partial charge in [-0.25, -0.2) is 4.39 Å². The summed E-state index contributed by atoms with van der Waals surface area (Å²) in [5.74, 6) is 0.550. The lowest BCUT2D eigenvalue weighted by atomic mass is 9.86. The Hall–Kier alpha value is -1.97. The second kappa shape index (κ2) is 5.80. The Morgan fingerprint density at radius 3 is 2.57 bits per heavy atom. The van der Waals surface area contributed by atoms with Crippen LogP contribution in [0.25, 0.3) is 0 Å². The van der Waals surface area contributed by atoms with Crippen molar-refractivity contribution in [3.8, 4) is 5.75 Å². The van der Waals surface area contributed by atoms with Crippen LogP contribution in [0.4, 0.5) is 4.39 Å². The fraction of sp³-hybridized carbons (Fsp3) is 0.412. The van der Waals surface area contributed by atoms with Gasteiger partial charge in [0.05, 0.1) is 0 Å². The van der Waals surface area contributed by atoms with E-state index in [2.05, 4.69) is 25.9 Å². The minimum absolute atomic E-state index is 0.0143. The van der Waals surface area contributed by atoms with Crippen molar-refractivity contribution in [3.63, 3.8) is 0 Å². The smallest absolute Gasteiger partial charge is 0.155 e. The molecule has 1 aliphatic carbocycles. The zero-order chi connectivity index (χ0) is 15.6. The molecular weight excluding hydrogens is 269 g/mol. The van der Waals surface area contributed by atoms with Gasteiger partial charge in [-0.1, -0.05) is 32.9 Å². The summed E-state index contributed by atoms with van der Waals surface area (Å²) in [5, 5.41) is 2.95. The van der Waals surface area contributed by atoms with Gasteiger partial charge in [0.2, 0.25) is 0 Å². The first-order valence-corrected chi connectivity index (χ1v) is 7.03. The van der Waals surface area contributed by atoms with E-state index in [4.69, 9.17) is 4.74 Å². The molecule has 2 rings (SSSR count). The minimum Gasteiger partial charge on any atom is -0.455 e. The van der Waals surface area contributed by atoms with Gasteiger partial charge < -0.3 is 4.74 Å². The number of aryl methyl sites for hydroxylation is 1. The maximum atomic E-state index is 13.4. The van der Waals surface area contributed by atoms with Crippen LogP contribution in [0.1, 0.15) is 44.7 Å². The van der Waals surface area contributed by atoms with Crippen molar-refractivity contribution in [2.24, 2.45) is 5.18 Å². The van der Waals surface area contributed by atoms with Gasteiger partial charge in [-0.2, -0.15) is 0 Å². The first-order chi connectivity index (χ1) is 9.81. The number of halogens is 1. The fourth-order valence-corrected chi connectivity index (χ4v) is 2.13. The molecule has 1 aromatic rings. The molecule has 4 heteroatoms. The number of ether oxygens (including phenoxy) is 1. The third kappa shape index (κ3) is 3.57. The van der Waals surface area contributed by atoms with Crippen LogP contribution in [-0.4, -0.2) is 0 Å². The third-order valence-electron chi connectivity index (χ3n) is 3.56. The highest BCUT2D eigenvalue weighted by molar-refractivity contribution is 5.42. The molecule has 0 spiro atoms. The summed E-state index contributed by atoms with van der Waals surface area (Å²) >= 11 is 0. The van der Waals surface area contributed by atoms with Gasteiger partial charge in [-0.05, 0) is 34.7 Å². The molecule has 0 atom stereocenters. The van der Waals surface area contributed by atoms with Crippen LogP contribution in [0, 0.1) is 11.8 Å². The average Bonchev–Trinajstić information content (AvgIpc) is 2.40. The van der Waals surface area contributed by atoms with Crippen LogP contribution in [0.3, 0.4) is 0 Å². The number of hydrogen-bond acceptors (Lipinski definition) is 3. The first-order valence-electron chi connectivity index (χ1n) is 7.03. The summed E-state index contributed by atoms with van der Waals surface area (Å²) in [6.45, 7) is 8.25. The van der Waals surface area contributed by atoms with E-state index in [0.717, 1.165) is 11.1 Å². The van der Waals surface area contributed by atoms with Crippen LogP contribution in [0.15, 0.2) is 46.7 Å². The Balaban J connectivity index is 2.39. The molecule has 1 aromatic carbocycles. The Labute approximate surface area is 124 Å². The Bertz CT molecular complexity index is 624. The maximum Gasteiger partial charge on any atom is 0.155 e. The predicted molar refractivity (Wildman–Crippen MR) is 81.8 cm³/mol. The highest BCUT2D eigenvalue weighted by Gasteiger charge is 2.19. The largest absolute Gasteiger partial charge is 0.455 e. The van der Waals surface area contributed by atoms with E-state index in [0.29, 0.717) is 5.75 Å².